The van der Waals surface area contributed by atoms with Crippen LogP contribution >= 0.6 is 12.2 Å². The summed E-state index contributed by atoms with van der Waals surface area (Å²) in [6.07, 6.45) is 8.12. The van der Waals surface area contributed by atoms with E-state index in [1.807, 2.05) is 13.8 Å². The molecule has 0 spiro atoms. The lowest BCUT2D eigenvalue weighted by Gasteiger charge is -2.23. The molecule has 1 fully saturated rings. The van der Waals surface area contributed by atoms with Gasteiger partial charge in [0.2, 0.25) is 5.75 Å². The molecule has 0 unspecified atom stereocenters. The highest BCUT2D eigenvalue weighted by Crippen LogP contribution is 2.38. The summed E-state index contributed by atoms with van der Waals surface area (Å²) in [4.78, 5) is 11.0. The van der Waals surface area contributed by atoms with Crippen LogP contribution in [0.3, 0.4) is 0 Å². The van der Waals surface area contributed by atoms with Crippen molar-refractivity contribution in [2.75, 3.05) is 13.2 Å². The second-order valence-electron chi connectivity index (χ2n) is 6.58. The predicted molar refractivity (Wildman–Crippen MR) is 113 cm³/mol. The van der Waals surface area contributed by atoms with Gasteiger partial charge in [0.25, 0.3) is 0 Å². The summed E-state index contributed by atoms with van der Waals surface area (Å²) in [5, 5.41) is 19.3. The summed E-state index contributed by atoms with van der Waals surface area (Å²) in [6, 6.07) is 3.46. The third-order valence-corrected chi connectivity index (χ3v) is 4.53. The summed E-state index contributed by atoms with van der Waals surface area (Å²) in [5.74, 6) is 0.475. The van der Waals surface area contributed by atoms with E-state index in [0.29, 0.717) is 35.7 Å². The first-order chi connectivity index (χ1) is 13.5. The monoisotopic (exact) mass is 408 g/mol. The second kappa shape index (κ2) is 11.4. The van der Waals surface area contributed by atoms with Gasteiger partial charge < -0.3 is 14.8 Å². The number of hydrazone groups is 1. The van der Waals surface area contributed by atoms with Crippen molar-refractivity contribution in [2.45, 2.75) is 58.4 Å². The molecule has 0 heterocycles. The van der Waals surface area contributed by atoms with Crippen molar-refractivity contribution in [2.24, 2.45) is 5.10 Å². The zero-order valence-electron chi connectivity index (χ0n) is 16.4. The number of nitrogens with zero attached hydrogens (tertiary/aromatic N) is 2. The molecule has 2 rings (SSSR count). The number of benzene rings is 1. The van der Waals surface area contributed by atoms with Gasteiger partial charge in [0, 0.05) is 17.7 Å². The molecule has 154 valence electrons. The first-order valence-electron chi connectivity index (χ1n) is 9.72. The fourth-order valence-corrected chi connectivity index (χ4v) is 3.28. The highest BCUT2D eigenvalue weighted by Gasteiger charge is 2.22. The maximum atomic E-state index is 11.5. The lowest BCUT2D eigenvalue weighted by Crippen LogP contribution is -2.40. The van der Waals surface area contributed by atoms with Crippen molar-refractivity contribution in [3.05, 3.63) is 27.8 Å². The summed E-state index contributed by atoms with van der Waals surface area (Å²) in [5.41, 5.74) is 3.15. The Morgan fingerprint density at radius 1 is 1.32 bits per heavy atom. The standard InChI is InChI=1S/C19H28N4O4S/c1-3-10-27-18-16(23(24)25)11-14(12-17(18)26-4-2)13-20-22-19(28)21-15-8-6-5-7-9-15/h11-13,15H,3-10H2,1-2H3,(H2,21,22,28)/b20-13-. The van der Waals surface area contributed by atoms with Crippen LogP contribution in [0.5, 0.6) is 11.5 Å². The minimum absolute atomic E-state index is 0.147. The summed E-state index contributed by atoms with van der Waals surface area (Å²) >= 11 is 5.26. The number of hydrogen-bond donors (Lipinski definition) is 2. The summed E-state index contributed by atoms with van der Waals surface area (Å²) in [6.45, 7) is 4.49. The minimum atomic E-state index is -0.479. The molecule has 0 bridgehead atoms. The maximum Gasteiger partial charge on any atom is 0.315 e. The van der Waals surface area contributed by atoms with Crippen molar-refractivity contribution < 1.29 is 14.4 Å². The molecule has 0 radical (unpaired) electrons. The Morgan fingerprint density at radius 3 is 2.71 bits per heavy atom. The van der Waals surface area contributed by atoms with Gasteiger partial charge in [-0.25, -0.2) is 0 Å². The Kier molecular flexibility index (Phi) is 8.93. The molecule has 0 aliphatic heterocycles. The number of nitro benzene ring substituents is 1. The maximum absolute atomic E-state index is 11.5. The number of nitrogens with one attached hydrogen (secondary N) is 2. The average Bonchev–Trinajstić information content (AvgIpc) is 2.67. The molecule has 1 aliphatic carbocycles. The number of ether oxygens (including phenoxy) is 2. The molecule has 0 atom stereocenters. The minimum Gasteiger partial charge on any atom is -0.490 e. The highest BCUT2D eigenvalue weighted by molar-refractivity contribution is 7.80. The van der Waals surface area contributed by atoms with Crippen LogP contribution in [0.4, 0.5) is 5.69 Å². The Labute approximate surface area is 170 Å². The van der Waals surface area contributed by atoms with Crippen molar-refractivity contribution in [3.63, 3.8) is 0 Å². The molecule has 0 aromatic heterocycles. The third-order valence-electron chi connectivity index (χ3n) is 4.32. The summed E-state index contributed by atoms with van der Waals surface area (Å²) in [7, 11) is 0. The van der Waals surface area contributed by atoms with Gasteiger partial charge in [0.05, 0.1) is 24.4 Å². The topological polar surface area (TPSA) is 98.0 Å². The van der Waals surface area contributed by atoms with E-state index in [0.717, 1.165) is 19.3 Å². The summed E-state index contributed by atoms with van der Waals surface area (Å²) < 4.78 is 11.1. The van der Waals surface area contributed by atoms with E-state index in [4.69, 9.17) is 21.7 Å². The van der Waals surface area contributed by atoms with E-state index >= 15 is 0 Å². The van der Waals surface area contributed by atoms with Gasteiger partial charge in [-0.05, 0) is 44.5 Å². The van der Waals surface area contributed by atoms with Gasteiger partial charge in [-0.1, -0.05) is 26.2 Å². The molecule has 1 aliphatic rings. The van der Waals surface area contributed by atoms with E-state index in [-0.39, 0.29) is 11.4 Å². The van der Waals surface area contributed by atoms with Crippen LogP contribution in [0.15, 0.2) is 17.2 Å². The van der Waals surface area contributed by atoms with Crippen molar-refractivity contribution >= 4 is 29.2 Å². The number of thiocarbonyl (C=S) groups is 1. The fourth-order valence-electron chi connectivity index (χ4n) is 3.06. The van der Waals surface area contributed by atoms with Gasteiger partial charge in [-0.2, -0.15) is 5.10 Å². The van der Waals surface area contributed by atoms with E-state index < -0.39 is 4.92 Å². The lowest BCUT2D eigenvalue weighted by atomic mass is 9.96. The van der Waals surface area contributed by atoms with Crippen LogP contribution in [-0.2, 0) is 0 Å². The number of rotatable bonds is 9. The van der Waals surface area contributed by atoms with E-state index in [9.17, 15) is 10.1 Å². The van der Waals surface area contributed by atoms with Crippen LogP contribution < -0.4 is 20.2 Å². The zero-order chi connectivity index (χ0) is 20.4. The van der Waals surface area contributed by atoms with Crippen molar-refractivity contribution in [3.8, 4) is 11.5 Å². The molecule has 2 N–H and O–H groups in total. The van der Waals surface area contributed by atoms with Gasteiger partial charge in [-0.3, -0.25) is 15.5 Å². The lowest BCUT2D eigenvalue weighted by molar-refractivity contribution is -0.386. The Hall–Kier alpha value is -2.42. The first kappa shape index (κ1) is 21.9. The number of nitro groups is 1. The van der Waals surface area contributed by atoms with E-state index in [1.165, 1.54) is 31.5 Å². The quantitative estimate of drug-likeness (QED) is 0.277. The zero-order valence-corrected chi connectivity index (χ0v) is 17.2. The van der Waals surface area contributed by atoms with Crippen LogP contribution in [0.25, 0.3) is 0 Å². The van der Waals surface area contributed by atoms with Gasteiger partial charge in [0.15, 0.2) is 10.9 Å². The molecule has 1 saturated carbocycles. The smallest absolute Gasteiger partial charge is 0.315 e. The highest BCUT2D eigenvalue weighted by atomic mass is 32.1. The van der Waals surface area contributed by atoms with E-state index in [2.05, 4.69) is 15.8 Å². The molecule has 8 nitrogen and oxygen atoms in total. The molecule has 0 saturated heterocycles. The molecule has 1 aromatic carbocycles. The first-order valence-corrected chi connectivity index (χ1v) is 10.1. The third kappa shape index (κ3) is 6.63. The fraction of sp³-hybridized carbons (Fsp3) is 0.579. The predicted octanol–water partition coefficient (Wildman–Crippen LogP) is 3.91. The van der Waals surface area contributed by atoms with E-state index in [1.54, 1.807) is 6.07 Å². The molecule has 1 aromatic rings. The molecule has 0 amide bonds. The van der Waals surface area contributed by atoms with Crippen LogP contribution in [0.1, 0.15) is 57.9 Å². The Bertz CT molecular complexity index is 705. The molecule has 28 heavy (non-hydrogen) atoms. The molecular formula is C19H28N4O4S. The van der Waals surface area contributed by atoms with Crippen LogP contribution in [-0.4, -0.2) is 35.5 Å². The Morgan fingerprint density at radius 2 is 2.07 bits per heavy atom. The Balaban J connectivity index is 2.09. The number of hydrogen-bond acceptors (Lipinski definition) is 6. The largest absolute Gasteiger partial charge is 0.490 e. The molecular weight excluding hydrogens is 380 g/mol. The van der Waals surface area contributed by atoms with Crippen LogP contribution in [0, 0.1) is 10.1 Å². The second-order valence-corrected chi connectivity index (χ2v) is 6.99. The SMILES string of the molecule is CCCOc1c(OCC)cc(/C=N\NC(=S)NC2CCCCC2)cc1[N+](=O)[O-]. The molecule has 9 heteroatoms. The van der Waals surface area contributed by atoms with Crippen LogP contribution in [0.2, 0.25) is 0 Å². The average molecular weight is 409 g/mol. The van der Waals surface area contributed by atoms with Gasteiger partial charge >= 0.3 is 5.69 Å². The van der Waals surface area contributed by atoms with Gasteiger partial charge in [-0.15, -0.1) is 0 Å². The van der Waals surface area contributed by atoms with Crippen molar-refractivity contribution in [1.29, 1.82) is 0 Å². The van der Waals surface area contributed by atoms with Gasteiger partial charge in [0.1, 0.15) is 0 Å². The normalized spacial score (nSPS) is 14.6. The van der Waals surface area contributed by atoms with Crippen molar-refractivity contribution in [1.82, 2.24) is 10.7 Å².